The Morgan fingerprint density at radius 3 is 2.62 bits per heavy atom. The van der Waals surface area contributed by atoms with Crippen LogP contribution in [-0.4, -0.2) is 18.9 Å². The second-order valence-electron chi connectivity index (χ2n) is 3.77. The highest BCUT2D eigenvalue weighted by molar-refractivity contribution is 5.83. The van der Waals surface area contributed by atoms with Gasteiger partial charge in [0.25, 0.3) is 0 Å². The monoisotopic (exact) mass is 181 g/mol. The van der Waals surface area contributed by atoms with E-state index in [-0.39, 0.29) is 0 Å². The molecule has 0 radical (unpaired) electrons. The summed E-state index contributed by atoms with van der Waals surface area (Å²) in [4.78, 5) is 11.7. The van der Waals surface area contributed by atoms with Gasteiger partial charge in [-0.2, -0.15) is 0 Å². The molecule has 13 heavy (non-hydrogen) atoms. The summed E-state index contributed by atoms with van der Waals surface area (Å²) in [5.74, 6) is 0.693. The summed E-state index contributed by atoms with van der Waals surface area (Å²) in [6, 6.07) is 0. The summed E-state index contributed by atoms with van der Waals surface area (Å²) >= 11 is 0. The minimum Gasteiger partial charge on any atom is -0.317 e. The van der Waals surface area contributed by atoms with Gasteiger partial charge in [0.15, 0.2) is 0 Å². The van der Waals surface area contributed by atoms with Crippen LogP contribution in [-0.2, 0) is 4.79 Å². The molecule has 0 aromatic heterocycles. The standard InChI is InChI=1S/C11H19NO/c1-3-9(2)8-11(13)10-4-6-12-7-5-10/h10,12H,2-8H2,1H3. The molecule has 0 spiro atoms. The van der Waals surface area contributed by atoms with Crippen LogP contribution >= 0.6 is 0 Å². The molecule has 1 heterocycles. The van der Waals surface area contributed by atoms with Crippen LogP contribution in [0.15, 0.2) is 12.2 Å². The van der Waals surface area contributed by atoms with E-state index in [1.807, 2.05) is 0 Å². The van der Waals surface area contributed by atoms with E-state index >= 15 is 0 Å². The Hall–Kier alpha value is -0.630. The summed E-state index contributed by atoms with van der Waals surface area (Å²) in [6.45, 7) is 7.92. The lowest BCUT2D eigenvalue weighted by Crippen LogP contribution is -2.31. The van der Waals surface area contributed by atoms with Gasteiger partial charge in [-0.05, 0) is 32.4 Å². The predicted molar refractivity (Wildman–Crippen MR) is 54.6 cm³/mol. The summed E-state index contributed by atoms with van der Waals surface area (Å²) in [7, 11) is 0. The lowest BCUT2D eigenvalue weighted by Gasteiger charge is -2.21. The van der Waals surface area contributed by atoms with Crippen LogP contribution in [0.3, 0.4) is 0 Å². The normalized spacial score (nSPS) is 18.5. The number of piperidine rings is 1. The van der Waals surface area contributed by atoms with Crippen molar-refractivity contribution in [2.45, 2.75) is 32.6 Å². The van der Waals surface area contributed by atoms with Crippen molar-refractivity contribution < 1.29 is 4.79 Å². The number of allylic oxidation sites excluding steroid dienone is 1. The average molecular weight is 181 g/mol. The van der Waals surface area contributed by atoms with Crippen molar-refractivity contribution in [1.29, 1.82) is 0 Å². The first kappa shape index (κ1) is 10.5. The van der Waals surface area contributed by atoms with Gasteiger partial charge < -0.3 is 5.32 Å². The molecular formula is C11H19NO. The van der Waals surface area contributed by atoms with Gasteiger partial charge in [0.1, 0.15) is 5.78 Å². The van der Waals surface area contributed by atoms with E-state index in [0.29, 0.717) is 18.1 Å². The van der Waals surface area contributed by atoms with Gasteiger partial charge in [0.05, 0.1) is 0 Å². The first-order valence-electron chi connectivity index (χ1n) is 5.14. The molecule has 0 aliphatic carbocycles. The first-order chi connectivity index (χ1) is 6.24. The fraction of sp³-hybridized carbons (Fsp3) is 0.727. The molecule has 1 N–H and O–H groups in total. The summed E-state index contributed by atoms with van der Waals surface area (Å²) in [5, 5.41) is 3.26. The van der Waals surface area contributed by atoms with Gasteiger partial charge in [-0.25, -0.2) is 0 Å². The minimum atomic E-state index is 0.296. The minimum absolute atomic E-state index is 0.296. The van der Waals surface area contributed by atoms with Crippen molar-refractivity contribution in [2.75, 3.05) is 13.1 Å². The molecule has 0 aromatic carbocycles. The third-order valence-corrected chi connectivity index (χ3v) is 2.72. The Kier molecular flexibility index (Phi) is 4.16. The highest BCUT2D eigenvalue weighted by Crippen LogP contribution is 2.17. The lowest BCUT2D eigenvalue weighted by molar-refractivity contribution is -0.122. The molecule has 74 valence electrons. The Morgan fingerprint density at radius 1 is 1.46 bits per heavy atom. The van der Waals surface area contributed by atoms with Gasteiger partial charge in [-0.1, -0.05) is 19.1 Å². The number of Topliss-reactive ketones (excluding diaryl/α,β-unsaturated/α-hetero) is 1. The van der Waals surface area contributed by atoms with Crippen molar-refractivity contribution in [2.24, 2.45) is 5.92 Å². The van der Waals surface area contributed by atoms with E-state index in [0.717, 1.165) is 37.9 Å². The van der Waals surface area contributed by atoms with Crippen molar-refractivity contribution >= 4 is 5.78 Å². The Morgan fingerprint density at radius 2 is 2.08 bits per heavy atom. The molecule has 0 bridgehead atoms. The number of rotatable bonds is 4. The zero-order valence-electron chi connectivity index (χ0n) is 8.44. The van der Waals surface area contributed by atoms with Crippen LogP contribution in [0.4, 0.5) is 0 Å². The maximum atomic E-state index is 11.7. The number of hydrogen-bond donors (Lipinski definition) is 1. The number of carbonyl (C=O) groups excluding carboxylic acids is 1. The molecular weight excluding hydrogens is 162 g/mol. The second kappa shape index (κ2) is 5.18. The van der Waals surface area contributed by atoms with Gasteiger partial charge in [0.2, 0.25) is 0 Å². The smallest absolute Gasteiger partial charge is 0.140 e. The average Bonchev–Trinajstić information content (AvgIpc) is 2.19. The summed E-state index contributed by atoms with van der Waals surface area (Å²) in [6.07, 6.45) is 3.55. The Balaban J connectivity index is 2.33. The van der Waals surface area contributed by atoms with E-state index in [4.69, 9.17) is 0 Å². The molecule has 1 saturated heterocycles. The van der Waals surface area contributed by atoms with Crippen molar-refractivity contribution in [3.8, 4) is 0 Å². The van der Waals surface area contributed by atoms with Crippen molar-refractivity contribution in [3.05, 3.63) is 12.2 Å². The molecule has 0 amide bonds. The molecule has 1 aliphatic rings. The van der Waals surface area contributed by atoms with Crippen LogP contribution in [0.25, 0.3) is 0 Å². The van der Waals surface area contributed by atoms with Gasteiger partial charge >= 0.3 is 0 Å². The fourth-order valence-electron chi connectivity index (χ4n) is 1.66. The largest absolute Gasteiger partial charge is 0.317 e. The third-order valence-electron chi connectivity index (χ3n) is 2.72. The number of ketones is 1. The van der Waals surface area contributed by atoms with Crippen LogP contribution < -0.4 is 5.32 Å². The van der Waals surface area contributed by atoms with Crippen LogP contribution in [0.2, 0.25) is 0 Å². The van der Waals surface area contributed by atoms with Crippen molar-refractivity contribution in [3.63, 3.8) is 0 Å². The zero-order valence-corrected chi connectivity index (χ0v) is 8.44. The first-order valence-corrected chi connectivity index (χ1v) is 5.14. The van der Waals surface area contributed by atoms with Gasteiger partial charge in [-0.15, -0.1) is 0 Å². The van der Waals surface area contributed by atoms with Crippen LogP contribution in [0.1, 0.15) is 32.6 Å². The maximum absolute atomic E-state index is 11.7. The highest BCUT2D eigenvalue weighted by atomic mass is 16.1. The molecule has 2 heteroatoms. The molecule has 0 atom stereocenters. The molecule has 1 rings (SSSR count). The molecule has 0 saturated carbocycles. The second-order valence-corrected chi connectivity index (χ2v) is 3.77. The summed E-state index contributed by atoms with van der Waals surface area (Å²) < 4.78 is 0. The van der Waals surface area contributed by atoms with Crippen LogP contribution in [0, 0.1) is 5.92 Å². The number of nitrogens with one attached hydrogen (secondary N) is 1. The predicted octanol–water partition coefficient (Wildman–Crippen LogP) is 1.91. The Bertz CT molecular complexity index is 192. The maximum Gasteiger partial charge on any atom is 0.140 e. The quantitative estimate of drug-likeness (QED) is 0.671. The highest BCUT2D eigenvalue weighted by Gasteiger charge is 2.20. The van der Waals surface area contributed by atoms with Gasteiger partial charge in [0, 0.05) is 12.3 Å². The van der Waals surface area contributed by atoms with E-state index in [1.54, 1.807) is 0 Å². The van der Waals surface area contributed by atoms with E-state index in [9.17, 15) is 4.79 Å². The molecule has 1 fully saturated rings. The fourth-order valence-corrected chi connectivity index (χ4v) is 1.66. The lowest BCUT2D eigenvalue weighted by atomic mass is 9.90. The Labute approximate surface area is 80.4 Å². The van der Waals surface area contributed by atoms with E-state index in [1.165, 1.54) is 0 Å². The molecule has 1 aliphatic heterocycles. The van der Waals surface area contributed by atoms with Gasteiger partial charge in [-0.3, -0.25) is 4.79 Å². The molecule has 0 unspecified atom stereocenters. The van der Waals surface area contributed by atoms with Crippen LogP contribution in [0.5, 0.6) is 0 Å². The van der Waals surface area contributed by atoms with E-state index in [2.05, 4.69) is 18.8 Å². The third kappa shape index (κ3) is 3.31. The number of carbonyl (C=O) groups is 1. The number of hydrogen-bond acceptors (Lipinski definition) is 2. The zero-order chi connectivity index (χ0) is 9.68. The van der Waals surface area contributed by atoms with E-state index < -0.39 is 0 Å². The SMILES string of the molecule is C=C(CC)CC(=O)C1CCNCC1. The topological polar surface area (TPSA) is 29.1 Å². The molecule has 2 nitrogen and oxygen atoms in total. The molecule has 0 aromatic rings. The summed E-state index contributed by atoms with van der Waals surface area (Å²) in [5.41, 5.74) is 1.07. The van der Waals surface area contributed by atoms with Crippen molar-refractivity contribution in [1.82, 2.24) is 5.32 Å².